The monoisotopic (exact) mass is 262 g/mol. The van der Waals surface area contributed by atoms with E-state index >= 15 is 0 Å². The van der Waals surface area contributed by atoms with Crippen molar-refractivity contribution in [2.75, 3.05) is 6.61 Å². The van der Waals surface area contributed by atoms with Crippen LogP contribution in [-0.4, -0.2) is 37.9 Å². The summed E-state index contributed by atoms with van der Waals surface area (Å²) in [5.41, 5.74) is 0.974. The zero-order chi connectivity index (χ0) is 13.7. The molecular weight excluding hydrogens is 248 g/mol. The highest BCUT2D eigenvalue weighted by Gasteiger charge is 2.10. The van der Waals surface area contributed by atoms with Crippen LogP contribution < -0.4 is 4.74 Å². The summed E-state index contributed by atoms with van der Waals surface area (Å²) < 4.78 is 6.82. The molecule has 0 amide bonds. The van der Waals surface area contributed by atoms with Crippen molar-refractivity contribution in [1.82, 2.24) is 20.2 Å². The molecule has 1 N–H and O–H groups in total. The molecule has 0 aliphatic rings. The topological polar surface area (TPSA) is 90.1 Å². The third-order valence-corrected chi connectivity index (χ3v) is 2.48. The fourth-order valence-electron chi connectivity index (χ4n) is 1.64. The van der Waals surface area contributed by atoms with Crippen molar-refractivity contribution in [3.05, 3.63) is 35.7 Å². The van der Waals surface area contributed by atoms with Crippen molar-refractivity contribution >= 4 is 5.97 Å². The smallest absolute Gasteiger partial charge is 0.311 e. The summed E-state index contributed by atoms with van der Waals surface area (Å²) >= 11 is 0. The normalized spacial score (nSPS) is 10.4. The summed E-state index contributed by atoms with van der Waals surface area (Å²) in [4.78, 5) is 10.7. The zero-order valence-electron chi connectivity index (χ0n) is 10.5. The standard InChI is InChI=1S/C12H14N4O3/c1-2-19-10-5-3-9(4-6-10)8-16-11(7-12(17)18)13-14-15-16/h3-6H,2,7-8H2,1H3,(H,17,18). The molecule has 0 aliphatic carbocycles. The lowest BCUT2D eigenvalue weighted by Crippen LogP contribution is -2.11. The van der Waals surface area contributed by atoms with Crippen LogP contribution in [0.5, 0.6) is 5.75 Å². The molecule has 100 valence electrons. The van der Waals surface area contributed by atoms with Crippen LogP contribution in [0.4, 0.5) is 0 Å². The van der Waals surface area contributed by atoms with Gasteiger partial charge in [-0.1, -0.05) is 12.1 Å². The molecule has 1 heterocycles. The van der Waals surface area contributed by atoms with Crippen LogP contribution in [0.1, 0.15) is 18.3 Å². The number of carbonyl (C=O) groups is 1. The van der Waals surface area contributed by atoms with Gasteiger partial charge in [-0.3, -0.25) is 4.79 Å². The number of hydrogen-bond acceptors (Lipinski definition) is 5. The first-order valence-corrected chi connectivity index (χ1v) is 5.87. The van der Waals surface area contributed by atoms with Crippen molar-refractivity contribution in [3.8, 4) is 5.75 Å². The van der Waals surface area contributed by atoms with Crippen LogP contribution in [-0.2, 0) is 17.8 Å². The van der Waals surface area contributed by atoms with Gasteiger partial charge in [0.25, 0.3) is 0 Å². The van der Waals surface area contributed by atoms with Crippen LogP contribution in [0, 0.1) is 0 Å². The maximum atomic E-state index is 10.7. The molecule has 0 saturated carbocycles. The summed E-state index contributed by atoms with van der Waals surface area (Å²) in [6, 6.07) is 7.52. The highest BCUT2D eigenvalue weighted by atomic mass is 16.5. The highest BCUT2D eigenvalue weighted by molar-refractivity contribution is 5.68. The predicted molar refractivity (Wildman–Crippen MR) is 65.9 cm³/mol. The van der Waals surface area contributed by atoms with Crippen molar-refractivity contribution in [1.29, 1.82) is 0 Å². The van der Waals surface area contributed by atoms with E-state index in [0.717, 1.165) is 11.3 Å². The summed E-state index contributed by atoms with van der Waals surface area (Å²) in [5.74, 6) is 0.179. The Bertz CT molecular complexity index is 550. The molecule has 19 heavy (non-hydrogen) atoms. The van der Waals surface area contributed by atoms with E-state index in [9.17, 15) is 4.79 Å². The van der Waals surface area contributed by atoms with Gasteiger partial charge in [-0.15, -0.1) is 5.10 Å². The van der Waals surface area contributed by atoms with Crippen LogP contribution in [0.2, 0.25) is 0 Å². The van der Waals surface area contributed by atoms with E-state index < -0.39 is 5.97 Å². The lowest BCUT2D eigenvalue weighted by Gasteiger charge is -2.06. The van der Waals surface area contributed by atoms with E-state index in [1.807, 2.05) is 31.2 Å². The lowest BCUT2D eigenvalue weighted by molar-refractivity contribution is -0.136. The van der Waals surface area contributed by atoms with Gasteiger partial charge < -0.3 is 9.84 Å². The Balaban J connectivity index is 2.08. The number of aliphatic carboxylic acids is 1. The van der Waals surface area contributed by atoms with Gasteiger partial charge in [-0.25, -0.2) is 4.68 Å². The second-order valence-corrected chi connectivity index (χ2v) is 3.90. The Morgan fingerprint density at radius 2 is 2.11 bits per heavy atom. The number of tetrazole rings is 1. The highest BCUT2D eigenvalue weighted by Crippen LogP contribution is 2.13. The number of aromatic nitrogens is 4. The van der Waals surface area contributed by atoms with Gasteiger partial charge >= 0.3 is 5.97 Å². The maximum Gasteiger partial charge on any atom is 0.311 e. The molecule has 0 saturated heterocycles. The third kappa shape index (κ3) is 3.51. The molecule has 0 bridgehead atoms. The molecule has 1 aromatic heterocycles. The van der Waals surface area contributed by atoms with Gasteiger partial charge in [0.2, 0.25) is 0 Å². The molecule has 7 nitrogen and oxygen atoms in total. The van der Waals surface area contributed by atoms with E-state index in [0.29, 0.717) is 19.0 Å². The van der Waals surface area contributed by atoms with E-state index in [2.05, 4.69) is 15.5 Å². The van der Waals surface area contributed by atoms with Gasteiger partial charge in [-0.2, -0.15) is 0 Å². The molecular formula is C12H14N4O3. The zero-order valence-corrected chi connectivity index (χ0v) is 10.5. The lowest BCUT2D eigenvalue weighted by atomic mass is 10.2. The van der Waals surface area contributed by atoms with Gasteiger partial charge in [0.05, 0.1) is 13.2 Å². The fraction of sp³-hybridized carbons (Fsp3) is 0.333. The van der Waals surface area contributed by atoms with Crippen LogP contribution in [0.3, 0.4) is 0 Å². The number of hydrogen-bond donors (Lipinski definition) is 1. The fourth-order valence-corrected chi connectivity index (χ4v) is 1.64. The average molecular weight is 262 g/mol. The largest absolute Gasteiger partial charge is 0.494 e. The first-order valence-electron chi connectivity index (χ1n) is 5.87. The molecule has 2 rings (SSSR count). The Morgan fingerprint density at radius 1 is 1.37 bits per heavy atom. The third-order valence-electron chi connectivity index (χ3n) is 2.48. The molecule has 7 heteroatoms. The molecule has 0 atom stereocenters. The summed E-state index contributed by atoms with van der Waals surface area (Å²) in [6.45, 7) is 2.98. The summed E-state index contributed by atoms with van der Waals surface area (Å²) in [6.07, 6.45) is -0.190. The van der Waals surface area contributed by atoms with Crippen molar-refractivity contribution in [3.63, 3.8) is 0 Å². The number of benzene rings is 1. The maximum absolute atomic E-state index is 10.7. The quantitative estimate of drug-likeness (QED) is 0.826. The first kappa shape index (κ1) is 13.0. The Labute approximate surface area is 109 Å². The number of carboxylic acids is 1. The first-order chi connectivity index (χ1) is 9.19. The van der Waals surface area contributed by atoms with E-state index in [4.69, 9.17) is 9.84 Å². The molecule has 0 spiro atoms. The number of ether oxygens (including phenoxy) is 1. The molecule has 0 aliphatic heterocycles. The minimum atomic E-state index is -0.956. The minimum absolute atomic E-state index is 0.190. The molecule has 1 aromatic carbocycles. The van der Waals surface area contributed by atoms with Crippen LogP contribution in [0.25, 0.3) is 0 Å². The minimum Gasteiger partial charge on any atom is -0.494 e. The molecule has 0 unspecified atom stereocenters. The van der Waals surface area contributed by atoms with Crippen LogP contribution >= 0.6 is 0 Å². The van der Waals surface area contributed by atoms with E-state index in [1.165, 1.54) is 4.68 Å². The molecule has 2 aromatic rings. The number of nitrogens with zero attached hydrogens (tertiary/aromatic N) is 4. The second-order valence-electron chi connectivity index (χ2n) is 3.90. The van der Waals surface area contributed by atoms with E-state index in [1.54, 1.807) is 0 Å². The Morgan fingerprint density at radius 3 is 2.74 bits per heavy atom. The predicted octanol–water partition coefficient (Wildman–Crippen LogP) is 0.747. The van der Waals surface area contributed by atoms with Crippen molar-refractivity contribution in [2.24, 2.45) is 0 Å². The molecule has 0 radical (unpaired) electrons. The van der Waals surface area contributed by atoms with Crippen LogP contribution in [0.15, 0.2) is 24.3 Å². The Hall–Kier alpha value is -2.44. The number of rotatable bonds is 6. The van der Waals surface area contributed by atoms with Crippen molar-refractivity contribution < 1.29 is 14.6 Å². The van der Waals surface area contributed by atoms with Gasteiger partial charge in [-0.05, 0) is 35.0 Å². The number of carboxylic acid groups (broad SMARTS) is 1. The van der Waals surface area contributed by atoms with Gasteiger partial charge in [0.1, 0.15) is 12.2 Å². The summed E-state index contributed by atoms with van der Waals surface area (Å²) in [5, 5.41) is 19.7. The van der Waals surface area contributed by atoms with E-state index in [-0.39, 0.29) is 6.42 Å². The average Bonchev–Trinajstić information content (AvgIpc) is 2.79. The Kier molecular flexibility index (Phi) is 4.07. The molecule has 0 fully saturated rings. The SMILES string of the molecule is CCOc1ccc(Cn2nnnc2CC(=O)O)cc1. The van der Waals surface area contributed by atoms with Crippen molar-refractivity contribution in [2.45, 2.75) is 19.9 Å². The summed E-state index contributed by atoms with van der Waals surface area (Å²) in [7, 11) is 0. The van der Waals surface area contributed by atoms with Gasteiger partial charge in [0.15, 0.2) is 5.82 Å². The van der Waals surface area contributed by atoms with Gasteiger partial charge in [0, 0.05) is 0 Å². The second kappa shape index (κ2) is 5.94.